The number of fused-ring (bicyclic) bond motifs is 1. The second-order valence-electron chi connectivity index (χ2n) is 7.00. The number of halogens is 1. The number of anilines is 2. The van der Waals surface area contributed by atoms with Gasteiger partial charge in [-0.1, -0.05) is 17.7 Å². The fraction of sp³-hybridized carbons (Fsp3) is 0.333. The minimum absolute atomic E-state index is 0.00903. The van der Waals surface area contributed by atoms with Crippen LogP contribution in [0.4, 0.5) is 11.4 Å². The van der Waals surface area contributed by atoms with Crippen molar-refractivity contribution in [2.24, 2.45) is 0 Å². The zero-order valence-electron chi connectivity index (χ0n) is 15.9. The van der Waals surface area contributed by atoms with E-state index in [2.05, 4.69) is 32.2 Å². The predicted octanol–water partition coefficient (Wildman–Crippen LogP) is 2.91. The lowest BCUT2D eigenvalue weighted by atomic mass is 10.2. The van der Waals surface area contributed by atoms with Gasteiger partial charge in [0, 0.05) is 62.7 Å². The summed E-state index contributed by atoms with van der Waals surface area (Å²) >= 11 is 5.98. The molecule has 2 aromatic carbocycles. The highest BCUT2D eigenvalue weighted by Crippen LogP contribution is 2.20. The fourth-order valence-electron chi connectivity index (χ4n) is 3.70. The summed E-state index contributed by atoms with van der Waals surface area (Å²) in [6, 6.07) is 13.7. The normalized spacial score (nSPS) is 15.1. The van der Waals surface area contributed by atoms with Crippen LogP contribution in [0.1, 0.15) is 0 Å². The van der Waals surface area contributed by atoms with Gasteiger partial charge in [0.15, 0.2) is 0 Å². The quantitative estimate of drug-likeness (QED) is 0.717. The van der Waals surface area contributed by atoms with Crippen molar-refractivity contribution < 1.29 is 0 Å². The summed E-state index contributed by atoms with van der Waals surface area (Å²) in [5, 5.41) is 4.50. The number of benzene rings is 2. The maximum atomic E-state index is 12.9. The van der Waals surface area contributed by atoms with Crippen LogP contribution < -0.4 is 15.8 Å². The van der Waals surface area contributed by atoms with E-state index in [-0.39, 0.29) is 5.56 Å². The second-order valence-corrected chi connectivity index (χ2v) is 7.43. The standard InChI is InChI=1S/C21H24ClN5O/c1-23-18-3-2-4-19-20(18)21(28)27(15-24-19)14-11-25-9-12-26(13-10-25)17-7-5-16(22)6-8-17/h2-8,15,23H,9-14H2,1H3. The van der Waals surface area contributed by atoms with Crippen molar-refractivity contribution in [2.75, 3.05) is 50.0 Å². The molecule has 28 heavy (non-hydrogen) atoms. The molecule has 2 heterocycles. The summed E-state index contributed by atoms with van der Waals surface area (Å²) in [6.07, 6.45) is 1.66. The van der Waals surface area contributed by atoms with E-state index in [1.54, 1.807) is 10.9 Å². The lowest BCUT2D eigenvalue weighted by Crippen LogP contribution is -2.47. The van der Waals surface area contributed by atoms with E-state index in [1.807, 2.05) is 37.4 Å². The van der Waals surface area contributed by atoms with E-state index in [9.17, 15) is 4.79 Å². The molecule has 0 unspecified atom stereocenters. The van der Waals surface area contributed by atoms with Gasteiger partial charge in [0.1, 0.15) is 0 Å². The zero-order valence-corrected chi connectivity index (χ0v) is 16.7. The average Bonchev–Trinajstić information content (AvgIpc) is 2.74. The van der Waals surface area contributed by atoms with Crippen LogP contribution >= 0.6 is 11.6 Å². The van der Waals surface area contributed by atoms with Crippen molar-refractivity contribution in [1.82, 2.24) is 14.5 Å². The van der Waals surface area contributed by atoms with Gasteiger partial charge in [-0.05, 0) is 36.4 Å². The Hall–Kier alpha value is -2.57. The third-order valence-electron chi connectivity index (χ3n) is 5.34. The van der Waals surface area contributed by atoms with Gasteiger partial charge >= 0.3 is 0 Å². The Bertz CT molecular complexity index is 1010. The Balaban J connectivity index is 1.40. The van der Waals surface area contributed by atoms with Gasteiger partial charge in [0.2, 0.25) is 0 Å². The molecule has 7 heteroatoms. The molecular weight excluding hydrogens is 374 g/mol. The molecule has 0 atom stereocenters. The highest BCUT2D eigenvalue weighted by molar-refractivity contribution is 6.30. The summed E-state index contributed by atoms with van der Waals surface area (Å²) in [7, 11) is 1.83. The Morgan fingerprint density at radius 1 is 1.04 bits per heavy atom. The maximum Gasteiger partial charge on any atom is 0.263 e. The minimum Gasteiger partial charge on any atom is -0.387 e. The molecule has 0 amide bonds. The average molecular weight is 398 g/mol. The first-order valence-corrected chi connectivity index (χ1v) is 9.92. The van der Waals surface area contributed by atoms with Gasteiger partial charge in [-0.15, -0.1) is 0 Å². The number of hydrogen-bond acceptors (Lipinski definition) is 5. The van der Waals surface area contributed by atoms with Crippen molar-refractivity contribution in [3.05, 3.63) is 64.2 Å². The molecule has 1 aliphatic heterocycles. The van der Waals surface area contributed by atoms with Crippen molar-refractivity contribution in [2.45, 2.75) is 6.54 Å². The summed E-state index contributed by atoms with van der Waals surface area (Å²) in [5.74, 6) is 0. The summed E-state index contributed by atoms with van der Waals surface area (Å²) in [6.45, 7) is 5.36. The van der Waals surface area contributed by atoms with Gasteiger partial charge in [-0.2, -0.15) is 0 Å². The SMILES string of the molecule is CNc1cccc2ncn(CCN3CCN(c4ccc(Cl)cc4)CC3)c(=O)c12. The van der Waals surface area contributed by atoms with Gasteiger partial charge in [-0.25, -0.2) is 4.98 Å². The highest BCUT2D eigenvalue weighted by Gasteiger charge is 2.17. The number of piperazine rings is 1. The van der Waals surface area contributed by atoms with Crippen LogP contribution in [-0.4, -0.2) is 54.2 Å². The van der Waals surface area contributed by atoms with Crippen LogP contribution in [0.5, 0.6) is 0 Å². The Morgan fingerprint density at radius 3 is 2.50 bits per heavy atom. The molecule has 3 aromatic rings. The van der Waals surface area contributed by atoms with Crippen LogP contribution in [0.2, 0.25) is 5.02 Å². The lowest BCUT2D eigenvalue weighted by molar-refractivity contribution is 0.247. The lowest BCUT2D eigenvalue weighted by Gasteiger charge is -2.36. The van der Waals surface area contributed by atoms with Crippen LogP contribution in [0, 0.1) is 0 Å². The first-order chi connectivity index (χ1) is 13.7. The van der Waals surface area contributed by atoms with Gasteiger partial charge < -0.3 is 10.2 Å². The number of aromatic nitrogens is 2. The minimum atomic E-state index is 0.00903. The fourth-order valence-corrected chi connectivity index (χ4v) is 3.82. The van der Waals surface area contributed by atoms with Crippen molar-refractivity contribution in [1.29, 1.82) is 0 Å². The topological polar surface area (TPSA) is 53.4 Å². The third kappa shape index (κ3) is 3.84. The van der Waals surface area contributed by atoms with Gasteiger partial charge in [-0.3, -0.25) is 14.3 Å². The van der Waals surface area contributed by atoms with E-state index in [1.165, 1.54) is 5.69 Å². The first kappa shape index (κ1) is 18.8. The zero-order chi connectivity index (χ0) is 19.5. The molecular formula is C21H24ClN5O. The van der Waals surface area contributed by atoms with Crippen LogP contribution in [-0.2, 0) is 6.54 Å². The summed E-state index contributed by atoms with van der Waals surface area (Å²) < 4.78 is 1.72. The maximum absolute atomic E-state index is 12.9. The molecule has 1 fully saturated rings. The molecule has 6 nitrogen and oxygen atoms in total. The van der Waals surface area contributed by atoms with Crippen LogP contribution in [0.3, 0.4) is 0 Å². The van der Waals surface area contributed by atoms with E-state index < -0.39 is 0 Å². The van der Waals surface area contributed by atoms with Crippen molar-refractivity contribution >= 4 is 33.9 Å². The van der Waals surface area contributed by atoms with Crippen LogP contribution in [0.15, 0.2) is 53.6 Å². The molecule has 1 aromatic heterocycles. The van der Waals surface area contributed by atoms with Gasteiger partial charge in [0.25, 0.3) is 5.56 Å². The third-order valence-corrected chi connectivity index (χ3v) is 5.60. The molecule has 0 spiro atoms. The monoisotopic (exact) mass is 397 g/mol. The van der Waals surface area contributed by atoms with Gasteiger partial charge in [0.05, 0.1) is 17.2 Å². The Kier molecular flexibility index (Phi) is 5.50. The smallest absolute Gasteiger partial charge is 0.263 e. The molecule has 1 N–H and O–H groups in total. The highest BCUT2D eigenvalue weighted by atomic mass is 35.5. The number of nitrogens with zero attached hydrogens (tertiary/aromatic N) is 4. The summed E-state index contributed by atoms with van der Waals surface area (Å²) in [5.41, 5.74) is 2.76. The summed E-state index contributed by atoms with van der Waals surface area (Å²) in [4.78, 5) is 22.1. The molecule has 4 rings (SSSR count). The molecule has 0 aliphatic carbocycles. The van der Waals surface area contributed by atoms with E-state index in [0.717, 1.165) is 49.0 Å². The number of hydrogen-bond donors (Lipinski definition) is 1. The van der Waals surface area contributed by atoms with E-state index in [0.29, 0.717) is 11.9 Å². The molecule has 1 aliphatic rings. The van der Waals surface area contributed by atoms with E-state index in [4.69, 9.17) is 11.6 Å². The Morgan fingerprint density at radius 2 is 1.79 bits per heavy atom. The number of nitrogens with one attached hydrogen (secondary N) is 1. The second kappa shape index (κ2) is 8.20. The molecule has 0 bridgehead atoms. The van der Waals surface area contributed by atoms with Crippen LogP contribution in [0.25, 0.3) is 10.9 Å². The van der Waals surface area contributed by atoms with Crippen molar-refractivity contribution in [3.8, 4) is 0 Å². The number of rotatable bonds is 5. The first-order valence-electron chi connectivity index (χ1n) is 9.54. The largest absolute Gasteiger partial charge is 0.387 e. The Labute approximate surface area is 169 Å². The molecule has 146 valence electrons. The van der Waals surface area contributed by atoms with E-state index >= 15 is 0 Å². The predicted molar refractivity (Wildman–Crippen MR) is 116 cm³/mol. The van der Waals surface area contributed by atoms with Crippen molar-refractivity contribution in [3.63, 3.8) is 0 Å². The molecule has 0 radical (unpaired) electrons. The molecule has 0 saturated carbocycles. The molecule has 1 saturated heterocycles.